The van der Waals surface area contributed by atoms with E-state index in [-0.39, 0.29) is 11.8 Å². The van der Waals surface area contributed by atoms with Crippen LogP contribution in [0, 0.1) is 12.7 Å². The molecule has 0 fully saturated rings. The maximum atomic E-state index is 13.7. The lowest BCUT2D eigenvalue weighted by atomic mass is 10.1. The average molecular weight is 335 g/mol. The molecule has 0 atom stereocenters. The van der Waals surface area contributed by atoms with E-state index in [0.717, 1.165) is 16.8 Å². The van der Waals surface area contributed by atoms with Gasteiger partial charge in [0.1, 0.15) is 5.82 Å². The summed E-state index contributed by atoms with van der Waals surface area (Å²) >= 11 is 0. The lowest BCUT2D eigenvalue weighted by Crippen LogP contribution is -1.92. The van der Waals surface area contributed by atoms with Crippen molar-refractivity contribution < 1.29 is 13.3 Å². The second-order valence-corrected chi connectivity index (χ2v) is 5.55. The summed E-state index contributed by atoms with van der Waals surface area (Å²) < 4.78 is 24.7. The molecule has 0 aliphatic rings. The monoisotopic (exact) mass is 335 g/mol. The molecule has 1 N–H and O–H groups in total. The summed E-state index contributed by atoms with van der Waals surface area (Å²) in [6, 6.07) is 16.1. The number of benzene rings is 2. The highest BCUT2D eigenvalue weighted by Crippen LogP contribution is 2.29. The van der Waals surface area contributed by atoms with Crippen molar-refractivity contribution in [2.75, 3.05) is 5.32 Å². The molecule has 0 aliphatic heterocycles. The van der Waals surface area contributed by atoms with Gasteiger partial charge in [-0.05, 0) is 25.1 Å². The molecule has 0 amide bonds. The largest absolute Gasteiger partial charge is 0.423 e. The molecule has 2 aromatic carbocycles. The van der Waals surface area contributed by atoms with E-state index in [1.165, 1.54) is 6.07 Å². The van der Waals surface area contributed by atoms with Crippen LogP contribution in [-0.2, 0) is 0 Å². The van der Waals surface area contributed by atoms with Crippen molar-refractivity contribution in [3.05, 3.63) is 72.3 Å². The number of para-hydroxylation sites is 1. The molecule has 0 saturated carbocycles. The number of oxazole rings is 1. The predicted octanol–water partition coefficient (Wildman–Crippen LogP) is 5.19. The Morgan fingerprint density at radius 3 is 2.52 bits per heavy atom. The Morgan fingerprint density at radius 1 is 0.960 bits per heavy atom. The van der Waals surface area contributed by atoms with Crippen molar-refractivity contribution in [3.8, 4) is 22.6 Å². The first kappa shape index (κ1) is 15.1. The minimum atomic E-state index is -0.370. The van der Waals surface area contributed by atoms with Crippen LogP contribution in [0.5, 0.6) is 0 Å². The Kier molecular flexibility index (Phi) is 3.78. The molecular weight excluding hydrogens is 321 g/mol. The molecule has 0 radical (unpaired) electrons. The third-order valence-corrected chi connectivity index (χ3v) is 3.68. The van der Waals surface area contributed by atoms with Crippen LogP contribution < -0.4 is 5.32 Å². The number of aryl methyl sites for hydroxylation is 1. The van der Waals surface area contributed by atoms with Gasteiger partial charge >= 0.3 is 0 Å². The molecule has 4 rings (SSSR count). The quantitative estimate of drug-likeness (QED) is 0.556. The van der Waals surface area contributed by atoms with Crippen molar-refractivity contribution >= 4 is 11.7 Å². The Hall–Kier alpha value is -3.41. The lowest BCUT2D eigenvalue weighted by Gasteiger charge is -2.03. The van der Waals surface area contributed by atoms with Crippen LogP contribution in [0.15, 0.2) is 69.7 Å². The molecule has 5 nitrogen and oxygen atoms in total. The summed E-state index contributed by atoms with van der Waals surface area (Å²) in [5, 5.41) is 6.73. The van der Waals surface area contributed by atoms with E-state index in [1.807, 2.05) is 37.3 Å². The third-order valence-electron chi connectivity index (χ3n) is 3.68. The van der Waals surface area contributed by atoms with Gasteiger partial charge in [-0.25, -0.2) is 9.37 Å². The zero-order valence-electron chi connectivity index (χ0n) is 13.4. The number of halogens is 1. The van der Waals surface area contributed by atoms with Crippen molar-refractivity contribution in [3.63, 3.8) is 0 Å². The van der Waals surface area contributed by atoms with Crippen molar-refractivity contribution in [2.45, 2.75) is 6.92 Å². The van der Waals surface area contributed by atoms with Gasteiger partial charge in [-0.1, -0.05) is 35.5 Å². The number of rotatable bonds is 4. The van der Waals surface area contributed by atoms with Crippen LogP contribution in [0.25, 0.3) is 22.6 Å². The normalized spacial score (nSPS) is 10.8. The van der Waals surface area contributed by atoms with E-state index < -0.39 is 0 Å². The standard InChI is InChI=1S/C19H14FN3O2/c1-12-9-17(25-23-12)13-5-4-6-14(10-13)18-11-21-19(24-18)22-16-8-3-2-7-15(16)20/h2-11H,1H3,(H,21,22). The maximum Gasteiger partial charge on any atom is 0.299 e. The van der Waals surface area contributed by atoms with E-state index in [1.54, 1.807) is 24.4 Å². The van der Waals surface area contributed by atoms with Gasteiger partial charge < -0.3 is 14.3 Å². The fourth-order valence-electron chi connectivity index (χ4n) is 2.47. The van der Waals surface area contributed by atoms with Gasteiger partial charge in [0.2, 0.25) is 0 Å². The van der Waals surface area contributed by atoms with Crippen molar-refractivity contribution in [2.24, 2.45) is 0 Å². The molecule has 2 aromatic heterocycles. The summed E-state index contributed by atoms with van der Waals surface area (Å²) in [5.41, 5.74) is 2.84. The Morgan fingerprint density at radius 2 is 1.76 bits per heavy atom. The summed E-state index contributed by atoms with van der Waals surface area (Å²) in [5.74, 6) is 0.880. The summed E-state index contributed by atoms with van der Waals surface area (Å²) in [6.07, 6.45) is 1.59. The average Bonchev–Trinajstić information content (AvgIpc) is 3.26. The second-order valence-electron chi connectivity index (χ2n) is 5.55. The summed E-state index contributed by atoms with van der Waals surface area (Å²) in [7, 11) is 0. The third kappa shape index (κ3) is 3.14. The molecule has 25 heavy (non-hydrogen) atoms. The molecule has 0 unspecified atom stereocenters. The molecule has 0 bridgehead atoms. The van der Waals surface area contributed by atoms with Crippen LogP contribution in [0.2, 0.25) is 0 Å². The van der Waals surface area contributed by atoms with Gasteiger partial charge in [0, 0.05) is 17.2 Å². The van der Waals surface area contributed by atoms with E-state index in [4.69, 9.17) is 8.94 Å². The topological polar surface area (TPSA) is 64.1 Å². The summed E-state index contributed by atoms with van der Waals surface area (Å²) in [6.45, 7) is 1.87. The fraction of sp³-hybridized carbons (Fsp3) is 0.0526. The highest BCUT2D eigenvalue weighted by atomic mass is 19.1. The van der Waals surface area contributed by atoms with Crippen LogP contribution in [-0.4, -0.2) is 10.1 Å². The molecule has 0 spiro atoms. The smallest absolute Gasteiger partial charge is 0.299 e. The number of hydrogen-bond donors (Lipinski definition) is 1. The van der Waals surface area contributed by atoms with Gasteiger partial charge in [0.15, 0.2) is 11.5 Å². The lowest BCUT2D eigenvalue weighted by molar-refractivity contribution is 0.427. The number of anilines is 2. The Labute approximate surface area is 143 Å². The fourth-order valence-corrected chi connectivity index (χ4v) is 2.47. The number of hydrogen-bond acceptors (Lipinski definition) is 5. The van der Waals surface area contributed by atoms with Crippen LogP contribution in [0.3, 0.4) is 0 Å². The second kappa shape index (κ2) is 6.24. The zero-order valence-corrected chi connectivity index (χ0v) is 13.4. The molecule has 0 saturated heterocycles. The first-order chi connectivity index (χ1) is 12.2. The van der Waals surface area contributed by atoms with Crippen LogP contribution in [0.4, 0.5) is 16.1 Å². The molecule has 6 heteroatoms. The highest BCUT2D eigenvalue weighted by Gasteiger charge is 2.11. The van der Waals surface area contributed by atoms with E-state index in [2.05, 4.69) is 15.5 Å². The van der Waals surface area contributed by atoms with Gasteiger partial charge in [-0.3, -0.25) is 0 Å². The first-order valence-electron chi connectivity index (χ1n) is 7.70. The molecular formula is C19H14FN3O2. The SMILES string of the molecule is Cc1cc(-c2cccc(-c3cnc(Nc4ccccc4F)o3)c2)on1. The minimum absolute atomic E-state index is 0.223. The molecule has 0 aliphatic carbocycles. The van der Waals surface area contributed by atoms with E-state index in [9.17, 15) is 4.39 Å². The van der Waals surface area contributed by atoms with E-state index in [0.29, 0.717) is 17.2 Å². The molecule has 124 valence electrons. The van der Waals surface area contributed by atoms with Crippen molar-refractivity contribution in [1.82, 2.24) is 10.1 Å². The van der Waals surface area contributed by atoms with Crippen molar-refractivity contribution in [1.29, 1.82) is 0 Å². The Bertz CT molecular complexity index is 1020. The van der Waals surface area contributed by atoms with E-state index >= 15 is 0 Å². The van der Waals surface area contributed by atoms with Crippen LogP contribution >= 0.6 is 0 Å². The summed E-state index contributed by atoms with van der Waals surface area (Å²) in [4.78, 5) is 4.16. The van der Waals surface area contributed by atoms with Crippen LogP contribution in [0.1, 0.15) is 5.69 Å². The molecule has 2 heterocycles. The van der Waals surface area contributed by atoms with Gasteiger partial charge in [-0.2, -0.15) is 0 Å². The van der Waals surface area contributed by atoms with Gasteiger partial charge in [0.05, 0.1) is 17.6 Å². The number of nitrogens with one attached hydrogen (secondary N) is 1. The van der Waals surface area contributed by atoms with Gasteiger partial charge in [-0.15, -0.1) is 0 Å². The number of nitrogens with zero attached hydrogens (tertiary/aromatic N) is 2. The minimum Gasteiger partial charge on any atom is -0.423 e. The maximum absolute atomic E-state index is 13.7. The highest BCUT2D eigenvalue weighted by molar-refractivity contribution is 5.68. The molecule has 4 aromatic rings. The van der Waals surface area contributed by atoms with Gasteiger partial charge in [0.25, 0.3) is 6.01 Å². The number of aromatic nitrogens is 2. The Balaban J connectivity index is 1.61. The first-order valence-corrected chi connectivity index (χ1v) is 7.70. The predicted molar refractivity (Wildman–Crippen MR) is 91.9 cm³/mol. The zero-order chi connectivity index (χ0) is 17.2.